The molecular formula is C9H18O5. The highest BCUT2D eigenvalue weighted by Gasteiger charge is 2.11. The first kappa shape index (κ1) is 13.2. The van der Waals surface area contributed by atoms with Gasteiger partial charge in [0.2, 0.25) is 0 Å². The number of rotatable bonds is 6. The quantitative estimate of drug-likeness (QED) is 0.611. The van der Waals surface area contributed by atoms with Gasteiger partial charge in [-0.3, -0.25) is 0 Å². The van der Waals surface area contributed by atoms with Crippen LogP contribution >= 0.6 is 0 Å². The van der Waals surface area contributed by atoms with Crippen LogP contribution in [0.2, 0.25) is 0 Å². The van der Waals surface area contributed by atoms with E-state index in [9.17, 15) is 4.79 Å². The third kappa shape index (κ3) is 6.68. The summed E-state index contributed by atoms with van der Waals surface area (Å²) in [5.41, 5.74) is 0. The molecule has 14 heavy (non-hydrogen) atoms. The molecule has 0 aromatic carbocycles. The molecule has 0 rings (SSSR count). The largest absolute Gasteiger partial charge is 0.508 e. The molecule has 0 heterocycles. The molecule has 0 saturated carbocycles. The van der Waals surface area contributed by atoms with E-state index in [-0.39, 0.29) is 12.2 Å². The number of carbonyl (C=O) groups excluding carboxylic acids is 1. The predicted molar refractivity (Wildman–Crippen MR) is 50.2 cm³/mol. The molecule has 0 bridgehead atoms. The summed E-state index contributed by atoms with van der Waals surface area (Å²) in [6.45, 7) is 4.47. The Bertz CT molecular complexity index is 159. The number of carbonyl (C=O) groups is 1. The second-order valence-electron chi connectivity index (χ2n) is 2.98. The van der Waals surface area contributed by atoms with E-state index in [1.165, 1.54) is 7.11 Å². The van der Waals surface area contributed by atoms with Crippen molar-refractivity contribution >= 4 is 6.16 Å². The maximum absolute atomic E-state index is 10.7. The number of hydrogen-bond acceptors (Lipinski definition) is 5. The fourth-order valence-electron chi connectivity index (χ4n) is 0.829. The first-order valence-corrected chi connectivity index (χ1v) is 4.45. The van der Waals surface area contributed by atoms with Gasteiger partial charge in [0.15, 0.2) is 0 Å². The maximum atomic E-state index is 10.7. The van der Waals surface area contributed by atoms with Crippen LogP contribution in [0.4, 0.5) is 4.79 Å². The van der Waals surface area contributed by atoms with Gasteiger partial charge in [0.25, 0.3) is 0 Å². The first-order chi connectivity index (χ1) is 6.60. The average molecular weight is 206 g/mol. The minimum Gasteiger partial charge on any atom is -0.438 e. The molecule has 0 aliphatic rings. The zero-order chi connectivity index (χ0) is 11.0. The normalized spacial score (nSPS) is 14.6. The van der Waals surface area contributed by atoms with E-state index in [0.29, 0.717) is 13.2 Å². The van der Waals surface area contributed by atoms with E-state index < -0.39 is 6.16 Å². The van der Waals surface area contributed by atoms with Gasteiger partial charge in [-0.15, -0.1) is 0 Å². The number of ether oxygens (including phenoxy) is 4. The molecule has 0 saturated heterocycles. The van der Waals surface area contributed by atoms with Crippen LogP contribution in [-0.2, 0) is 18.9 Å². The summed E-state index contributed by atoms with van der Waals surface area (Å²) in [5, 5.41) is 0. The van der Waals surface area contributed by atoms with Crippen LogP contribution in [0.1, 0.15) is 13.8 Å². The Hall–Kier alpha value is -0.810. The molecule has 5 nitrogen and oxygen atoms in total. The van der Waals surface area contributed by atoms with Gasteiger partial charge in [-0.05, 0) is 13.8 Å². The summed E-state index contributed by atoms with van der Waals surface area (Å²) in [6, 6.07) is 0. The predicted octanol–water partition coefficient (Wildman–Crippen LogP) is 1.21. The third-order valence-corrected chi connectivity index (χ3v) is 1.48. The van der Waals surface area contributed by atoms with Gasteiger partial charge < -0.3 is 18.9 Å². The van der Waals surface area contributed by atoms with Crippen LogP contribution in [0, 0.1) is 0 Å². The molecule has 0 aliphatic heterocycles. The lowest BCUT2D eigenvalue weighted by atomic mass is 10.4. The zero-order valence-electron chi connectivity index (χ0n) is 9.11. The molecule has 84 valence electrons. The average Bonchev–Trinajstić information content (AvgIpc) is 2.15. The van der Waals surface area contributed by atoms with E-state index >= 15 is 0 Å². The molecular weight excluding hydrogens is 188 g/mol. The van der Waals surface area contributed by atoms with E-state index in [2.05, 4.69) is 4.74 Å². The Morgan fingerprint density at radius 1 is 1.14 bits per heavy atom. The van der Waals surface area contributed by atoms with Gasteiger partial charge >= 0.3 is 6.16 Å². The second kappa shape index (κ2) is 7.58. The molecule has 0 aromatic rings. The monoisotopic (exact) mass is 206 g/mol. The Balaban J connectivity index is 3.52. The van der Waals surface area contributed by atoms with Crippen molar-refractivity contribution in [3.63, 3.8) is 0 Å². The summed E-state index contributed by atoms with van der Waals surface area (Å²) in [6.07, 6.45) is -1.02. The molecule has 0 N–H and O–H groups in total. The van der Waals surface area contributed by atoms with Crippen molar-refractivity contribution in [2.75, 3.05) is 27.4 Å². The second-order valence-corrected chi connectivity index (χ2v) is 2.98. The maximum Gasteiger partial charge on any atom is 0.508 e. The van der Waals surface area contributed by atoms with Crippen molar-refractivity contribution in [2.24, 2.45) is 0 Å². The number of methoxy groups -OCH3 is 2. The molecule has 0 fully saturated rings. The SMILES string of the molecule is COCC(C)OCC(C)OC(=O)OC. The highest BCUT2D eigenvalue weighted by Crippen LogP contribution is 1.98. The van der Waals surface area contributed by atoms with Crippen LogP contribution in [0.3, 0.4) is 0 Å². The molecule has 0 aliphatic carbocycles. The van der Waals surface area contributed by atoms with Crippen LogP contribution in [0.5, 0.6) is 0 Å². The Morgan fingerprint density at radius 2 is 1.79 bits per heavy atom. The number of hydrogen-bond donors (Lipinski definition) is 0. The van der Waals surface area contributed by atoms with Gasteiger partial charge in [-0.1, -0.05) is 0 Å². The first-order valence-electron chi connectivity index (χ1n) is 4.45. The highest BCUT2D eigenvalue weighted by molar-refractivity contribution is 5.59. The van der Waals surface area contributed by atoms with Gasteiger partial charge in [-0.2, -0.15) is 0 Å². The summed E-state index contributed by atoms with van der Waals surface area (Å²) >= 11 is 0. The van der Waals surface area contributed by atoms with E-state index in [0.717, 1.165) is 0 Å². The summed E-state index contributed by atoms with van der Waals surface area (Å²) < 4.78 is 19.3. The van der Waals surface area contributed by atoms with Crippen molar-refractivity contribution in [3.8, 4) is 0 Å². The topological polar surface area (TPSA) is 54.0 Å². The smallest absolute Gasteiger partial charge is 0.438 e. The fraction of sp³-hybridized carbons (Fsp3) is 0.889. The fourth-order valence-corrected chi connectivity index (χ4v) is 0.829. The van der Waals surface area contributed by atoms with E-state index in [1.807, 2.05) is 6.92 Å². The standard InChI is InChI=1S/C9H18O5/c1-7(5-11-3)13-6-8(2)14-9(10)12-4/h7-8H,5-6H2,1-4H3. The Morgan fingerprint density at radius 3 is 2.29 bits per heavy atom. The zero-order valence-corrected chi connectivity index (χ0v) is 9.11. The minimum absolute atomic E-state index is 0.0105. The van der Waals surface area contributed by atoms with Crippen LogP contribution in [0.15, 0.2) is 0 Å². The third-order valence-electron chi connectivity index (χ3n) is 1.48. The molecule has 0 spiro atoms. The highest BCUT2D eigenvalue weighted by atomic mass is 16.7. The van der Waals surface area contributed by atoms with Crippen molar-refractivity contribution in [1.82, 2.24) is 0 Å². The molecule has 0 radical (unpaired) electrons. The molecule has 5 heteroatoms. The Kier molecular flexibility index (Phi) is 7.14. The summed E-state index contributed by atoms with van der Waals surface area (Å²) in [5.74, 6) is 0. The summed E-state index contributed by atoms with van der Waals surface area (Å²) in [7, 11) is 2.87. The van der Waals surface area contributed by atoms with Gasteiger partial charge in [-0.25, -0.2) is 4.79 Å². The Labute approximate surface area is 84.3 Å². The van der Waals surface area contributed by atoms with Crippen LogP contribution in [-0.4, -0.2) is 45.8 Å². The van der Waals surface area contributed by atoms with Gasteiger partial charge in [0, 0.05) is 7.11 Å². The lowest BCUT2D eigenvalue weighted by molar-refractivity contribution is -0.0428. The molecule has 2 unspecified atom stereocenters. The lowest BCUT2D eigenvalue weighted by Crippen LogP contribution is -2.25. The van der Waals surface area contributed by atoms with Crippen molar-refractivity contribution in [3.05, 3.63) is 0 Å². The van der Waals surface area contributed by atoms with Crippen molar-refractivity contribution < 1.29 is 23.7 Å². The van der Waals surface area contributed by atoms with Crippen molar-refractivity contribution in [1.29, 1.82) is 0 Å². The van der Waals surface area contributed by atoms with Gasteiger partial charge in [0.05, 0.1) is 26.4 Å². The molecule has 0 aromatic heterocycles. The van der Waals surface area contributed by atoms with E-state index in [1.54, 1.807) is 14.0 Å². The lowest BCUT2D eigenvalue weighted by Gasteiger charge is -2.16. The van der Waals surface area contributed by atoms with Gasteiger partial charge in [0.1, 0.15) is 6.10 Å². The molecule has 2 atom stereocenters. The van der Waals surface area contributed by atoms with E-state index in [4.69, 9.17) is 14.2 Å². The summed E-state index contributed by atoms with van der Waals surface area (Å²) in [4.78, 5) is 10.7. The van der Waals surface area contributed by atoms with Crippen molar-refractivity contribution in [2.45, 2.75) is 26.1 Å². The minimum atomic E-state index is -0.694. The molecule has 0 amide bonds. The van der Waals surface area contributed by atoms with Crippen LogP contribution < -0.4 is 0 Å². The van der Waals surface area contributed by atoms with Crippen LogP contribution in [0.25, 0.3) is 0 Å².